The summed E-state index contributed by atoms with van der Waals surface area (Å²) in [6.45, 7) is 0.945. The van der Waals surface area contributed by atoms with E-state index < -0.39 is 0 Å². The molecular formula is C17H20O2S. The zero-order chi connectivity index (χ0) is 13.8. The molecule has 1 N–H and O–H groups in total. The van der Waals surface area contributed by atoms with Gasteiger partial charge in [-0.1, -0.05) is 24.3 Å². The smallest absolute Gasteiger partial charge is 0.123 e. The van der Waals surface area contributed by atoms with Crippen LogP contribution in [0.25, 0.3) is 10.8 Å². The Morgan fingerprint density at radius 3 is 2.80 bits per heavy atom. The predicted molar refractivity (Wildman–Crippen MR) is 84.5 cm³/mol. The molecule has 1 heterocycles. The Labute approximate surface area is 124 Å². The van der Waals surface area contributed by atoms with Crippen LogP contribution in [-0.4, -0.2) is 23.6 Å². The number of aromatic hydroxyl groups is 1. The summed E-state index contributed by atoms with van der Waals surface area (Å²) in [5, 5.41) is 12.0. The van der Waals surface area contributed by atoms with Gasteiger partial charge in [0.15, 0.2) is 0 Å². The highest BCUT2D eigenvalue weighted by Crippen LogP contribution is 2.33. The van der Waals surface area contributed by atoms with Crippen LogP contribution in [0, 0.1) is 0 Å². The molecule has 1 unspecified atom stereocenters. The quantitative estimate of drug-likeness (QED) is 0.644. The number of ether oxygens (including phenoxy) is 1. The molecular weight excluding hydrogens is 268 g/mol. The van der Waals surface area contributed by atoms with Crippen molar-refractivity contribution in [3.8, 4) is 5.75 Å². The number of hydrogen-bond acceptors (Lipinski definition) is 3. The van der Waals surface area contributed by atoms with E-state index >= 15 is 0 Å². The molecule has 0 bridgehead atoms. The molecule has 1 aliphatic heterocycles. The fourth-order valence-electron chi connectivity index (χ4n) is 2.75. The number of phenols is 1. The van der Waals surface area contributed by atoms with Gasteiger partial charge in [0.2, 0.25) is 0 Å². The maximum absolute atomic E-state index is 9.89. The maximum atomic E-state index is 9.89. The second-order valence-electron chi connectivity index (χ2n) is 5.25. The zero-order valence-electron chi connectivity index (χ0n) is 11.5. The third-order valence-corrected chi connectivity index (χ3v) is 4.97. The van der Waals surface area contributed by atoms with Crippen LogP contribution in [-0.2, 0) is 4.74 Å². The second-order valence-corrected chi connectivity index (χ2v) is 6.39. The molecule has 1 fully saturated rings. The van der Waals surface area contributed by atoms with Crippen molar-refractivity contribution in [1.82, 2.24) is 0 Å². The van der Waals surface area contributed by atoms with E-state index in [1.54, 1.807) is 6.07 Å². The fourth-order valence-corrected chi connectivity index (χ4v) is 3.78. The summed E-state index contributed by atoms with van der Waals surface area (Å²) < 4.78 is 5.65. The lowest BCUT2D eigenvalue weighted by molar-refractivity contribution is 0.104. The van der Waals surface area contributed by atoms with E-state index in [0.29, 0.717) is 11.9 Å². The molecule has 0 spiro atoms. The van der Waals surface area contributed by atoms with Crippen molar-refractivity contribution in [2.24, 2.45) is 0 Å². The molecule has 1 aliphatic rings. The van der Waals surface area contributed by atoms with Crippen LogP contribution < -0.4 is 0 Å². The van der Waals surface area contributed by atoms with Crippen LogP contribution in [0.5, 0.6) is 5.75 Å². The van der Waals surface area contributed by atoms with Gasteiger partial charge in [0.1, 0.15) is 5.75 Å². The van der Waals surface area contributed by atoms with E-state index in [-0.39, 0.29) is 0 Å². The predicted octanol–water partition coefficient (Wildman–Crippen LogP) is 4.60. The Balaban J connectivity index is 1.61. The summed E-state index contributed by atoms with van der Waals surface area (Å²) in [5.41, 5.74) is 0. The first-order chi connectivity index (χ1) is 9.84. The second kappa shape index (κ2) is 6.51. The molecule has 0 aromatic heterocycles. The van der Waals surface area contributed by atoms with Crippen LogP contribution in [0.2, 0.25) is 0 Å². The summed E-state index contributed by atoms with van der Waals surface area (Å²) in [4.78, 5) is 1.26. The van der Waals surface area contributed by atoms with E-state index in [1.807, 2.05) is 36.0 Å². The van der Waals surface area contributed by atoms with Gasteiger partial charge in [-0.3, -0.25) is 0 Å². The largest absolute Gasteiger partial charge is 0.507 e. The molecule has 2 nitrogen and oxygen atoms in total. The van der Waals surface area contributed by atoms with Gasteiger partial charge in [0.25, 0.3) is 0 Å². The van der Waals surface area contributed by atoms with Gasteiger partial charge in [-0.15, -0.1) is 11.8 Å². The average Bonchev–Trinajstić information content (AvgIpc) is 2.99. The minimum Gasteiger partial charge on any atom is -0.507 e. The van der Waals surface area contributed by atoms with E-state index in [9.17, 15) is 5.11 Å². The van der Waals surface area contributed by atoms with Gasteiger partial charge in [-0.2, -0.15) is 0 Å². The third-order valence-electron chi connectivity index (χ3n) is 3.81. The molecule has 0 saturated carbocycles. The molecule has 1 atom stereocenters. The first-order valence-corrected chi connectivity index (χ1v) is 8.28. The standard InChI is InChI=1S/C17H20O2S/c18-16-9-10-17(15-8-2-1-7-14(15)16)20-12-4-6-13-5-3-11-19-13/h1-2,7-10,13,18H,3-6,11-12H2. The fraction of sp³-hybridized carbons (Fsp3) is 0.412. The molecule has 3 heteroatoms. The van der Waals surface area contributed by atoms with Crippen LogP contribution in [0.1, 0.15) is 25.7 Å². The molecule has 0 amide bonds. The lowest BCUT2D eigenvalue weighted by Crippen LogP contribution is -2.04. The summed E-state index contributed by atoms with van der Waals surface area (Å²) >= 11 is 1.88. The zero-order valence-corrected chi connectivity index (χ0v) is 12.4. The molecule has 0 radical (unpaired) electrons. The summed E-state index contributed by atoms with van der Waals surface area (Å²) in [6.07, 6.45) is 5.30. The average molecular weight is 288 g/mol. The lowest BCUT2D eigenvalue weighted by Gasteiger charge is -2.10. The SMILES string of the molecule is Oc1ccc(SCCCC2CCCO2)c2ccccc12. The Bertz CT molecular complexity index is 576. The minimum atomic E-state index is 0.365. The van der Waals surface area contributed by atoms with Crippen molar-refractivity contribution < 1.29 is 9.84 Å². The van der Waals surface area contributed by atoms with Crippen molar-refractivity contribution in [1.29, 1.82) is 0 Å². The number of hydrogen-bond donors (Lipinski definition) is 1. The molecule has 3 rings (SSSR count). The summed E-state index contributed by atoms with van der Waals surface area (Å²) in [7, 11) is 0. The normalized spacial score (nSPS) is 18.7. The molecule has 106 valence electrons. The van der Waals surface area contributed by atoms with E-state index in [4.69, 9.17) is 4.74 Å². The van der Waals surface area contributed by atoms with Crippen molar-refractivity contribution in [2.45, 2.75) is 36.7 Å². The highest BCUT2D eigenvalue weighted by Gasteiger charge is 2.14. The van der Waals surface area contributed by atoms with Gasteiger partial charge in [-0.25, -0.2) is 0 Å². The van der Waals surface area contributed by atoms with Crippen LogP contribution in [0.3, 0.4) is 0 Å². The molecule has 2 aromatic rings. The molecule has 0 aliphatic carbocycles. The summed E-state index contributed by atoms with van der Waals surface area (Å²) in [5.74, 6) is 1.47. The summed E-state index contributed by atoms with van der Waals surface area (Å²) in [6, 6.07) is 11.9. The van der Waals surface area contributed by atoms with Crippen molar-refractivity contribution >= 4 is 22.5 Å². The van der Waals surface area contributed by atoms with Gasteiger partial charge >= 0.3 is 0 Å². The minimum absolute atomic E-state index is 0.365. The topological polar surface area (TPSA) is 29.5 Å². The van der Waals surface area contributed by atoms with E-state index in [1.165, 1.54) is 30.6 Å². The Morgan fingerprint density at radius 1 is 1.15 bits per heavy atom. The van der Waals surface area contributed by atoms with Crippen molar-refractivity contribution in [3.05, 3.63) is 36.4 Å². The molecule has 20 heavy (non-hydrogen) atoms. The number of benzene rings is 2. The molecule has 2 aromatic carbocycles. The monoisotopic (exact) mass is 288 g/mol. The van der Waals surface area contributed by atoms with E-state index in [2.05, 4.69) is 6.07 Å². The van der Waals surface area contributed by atoms with Crippen LogP contribution >= 0.6 is 11.8 Å². The van der Waals surface area contributed by atoms with E-state index in [0.717, 1.165) is 23.1 Å². The van der Waals surface area contributed by atoms with Gasteiger partial charge in [0.05, 0.1) is 6.10 Å². The van der Waals surface area contributed by atoms with Crippen molar-refractivity contribution in [3.63, 3.8) is 0 Å². The third kappa shape index (κ3) is 3.10. The Morgan fingerprint density at radius 2 is 2.00 bits per heavy atom. The molecule has 1 saturated heterocycles. The number of fused-ring (bicyclic) bond motifs is 1. The number of thioether (sulfide) groups is 1. The first kappa shape index (κ1) is 13.8. The van der Waals surface area contributed by atoms with Crippen LogP contribution in [0.15, 0.2) is 41.3 Å². The number of rotatable bonds is 5. The highest BCUT2D eigenvalue weighted by atomic mass is 32.2. The van der Waals surface area contributed by atoms with Gasteiger partial charge < -0.3 is 9.84 Å². The van der Waals surface area contributed by atoms with Gasteiger partial charge in [-0.05, 0) is 49.0 Å². The highest BCUT2D eigenvalue weighted by molar-refractivity contribution is 7.99. The van der Waals surface area contributed by atoms with Crippen molar-refractivity contribution in [2.75, 3.05) is 12.4 Å². The first-order valence-electron chi connectivity index (χ1n) is 7.30. The van der Waals surface area contributed by atoms with Gasteiger partial charge in [0, 0.05) is 16.9 Å². The Kier molecular flexibility index (Phi) is 4.48. The number of phenolic OH excluding ortho intramolecular Hbond substituents is 1. The maximum Gasteiger partial charge on any atom is 0.123 e. The van der Waals surface area contributed by atoms with Crippen LogP contribution in [0.4, 0.5) is 0 Å². The lowest BCUT2D eigenvalue weighted by atomic mass is 10.1. The Hall–Kier alpha value is -1.19.